The Morgan fingerprint density at radius 1 is 0.955 bits per heavy atom. The molecule has 0 fully saturated rings. The Hall–Kier alpha value is -2.21. The summed E-state index contributed by atoms with van der Waals surface area (Å²) in [5.41, 5.74) is 0.104. The minimum absolute atomic E-state index is 0.0645. The van der Waals surface area contributed by atoms with Crippen molar-refractivity contribution in [3.63, 3.8) is 0 Å². The van der Waals surface area contributed by atoms with Gasteiger partial charge in [0.25, 0.3) is 0 Å². The van der Waals surface area contributed by atoms with Gasteiger partial charge in [-0.1, -0.05) is 12.1 Å². The molecule has 0 saturated heterocycles. The minimum atomic E-state index is -4.48. The Morgan fingerprint density at radius 2 is 1.64 bits per heavy atom. The molecule has 1 N–H and O–H groups in total. The van der Waals surface area contributed by atoms with Crippen molar-refractivity contribution in [1.29, 1.82) is 0 Å². The zero-order valence-corrected chi connectivity index (χ0v) is 11.9. The third-order valence-electron chi connectivity index (χ3n) is 3.04. The third-order valence-corrected chi connectivity index (χ3v) is 3.04. The maximum Gasteiger partial charge on any atom is 0.416 e. The number of methoxy groups -OCH3 is 1. The molecule has 0 amide bonds. The smallest absolute Gasteiger partial charge is 0.416 e. The molecule has 2 rings (SSSR count). The third kappa shape index (κ3) is 4.14. The zero-order chi connectivity index (χ0) is 16.2. The van der Waals surface area contributed by atoms with Crippen LogP contribution in [0.4, 0.5) is 13.2 Å². The quantitative estimate of drug-likeness (QED) is 0.913. The number of hydrogen-bond donors (Lipinski definition) is 1. The molecule has 0 spiro atoms. The lowest BCUT2D eigenvalue weighted by Crippen LogP contribution is -2.07. The summed E-state index contributed by atoms with van der Waals surface area (Å²) in [6.45, 7) is -0.362. The summed E-state index contributed by atoms with van der Waals surface area (Å²) >= 11 is 0. The van der Waals surface area contributed by atoms with Crippen molar-refractivity contribution in [2.75, 3.05) is 7.11 Å². The van der Waals surface area contributed by atoms with E-state index in [4.69, 9.17) is 14.6 Å². The first-order valence-corrected chi connectivity index (χ1v) is 6.50. The fourth-order valence-electron chi connectivity index (χ4n) is 1.89. The Bertz CT molecular complexity index is 622. The minimum Gasteiger partial charge on any atom is -0.497 e. The Kier molecular flexibility index (Phi) is 4.92. The fraction of sp³-hybridized carbons (Fsp3) is 0.250. The van der Waals surface area contributed by atoms with Gasteiger partial charge in [0.15, 0.2) is 0 Å². The van der Waals surface area contributed by atoms with E-state index in [9.17, 15) is 13.2 Å². The van der Waals surface area contributed by atoms with E-state index >= 15 is 0 Å². The second-order valence-electron chi connectivity index (χ2n) is 4.66. The molecule has 0 heterocycles. The van der Waals surface area contributed by atoms with Gasteiger partial charge in [-0.15, -0.1) is 0 Å². The number of rotatable bonds is 5. The van der Waals surface area contributed by atoms with E-state index in [2.05, 4.69) is 0 Å². The highest BCUT2D eigenvalue weighted by atomic mass is 19.4. The van der Waals surface area contributed by atoms with Gasteiger partial charge in [0.2, 0.25) is 0 Å². The van der Waals surface area contributed by atoms with E-state index in [1.165, 1.54) is 6.07 Å². The van der Waals surface area contributed by atoms with E-state index in [-0.39, 0.29) is 17.9 Å². The standard InChI is InChI=1S/C16H15F3O3/c1-21-14-4-2-11(3-5-14)10-22-15-7-12(9-20)6-13(8-15)16(17,18)19/h2-8,20H,9-10H2,1H3. The van der Waals surface area contributed by atoms with Crippen LogP contribution < -0.4 is 9.47 Å². The predicted octanol–water partition coefficient (Wildman–Crippen LogP) is 3.79. The number of benzene rings is 2. The molecule has 6 heteroatoms. The van der Waals surface area contributed by atoms with Crippen LogP contribution >= 0.6 is 0 Å². The van der Waals surface area contributed by atoms with Crippen molar-refractivity contribution < 1.29 is 27.8 Å². The molecule has 0 saturated carbocycles. The summed E-state index contributed by atoms with van der Waals surface area (Å²) in [7, 11) is 1.55. The average molecular weight is 312 g/mol. The number of halogens is 3. The van der Waals surface area contributed by atoms with E-state index in [0.717, 1.165) is 17.7 Å². The molecule has 0 atom stereocenters. The van der Waals surface area contributed by atoms with Crippen LogP contribution in [0.25, 0.3) is 0 Å². The highest BCUT2D eigenvalue weighted by molar-refractivity contribution is 5.36. The summed E-state index contributed by atoms with van der Waals surface area (Å²) in [6, 6.07) is 10.2. The molecule has 0 aliphatic rings. The number of aliphatic hydroxyl groups excluding tert-OH is 1. The molecule has 118 valence electrons. The van der Waals surface area contributed by atoms with Crippen molar-refractivity contribution in [3.8, 4) is 11.5 Å². The molecule has 0 aromatic heterocycles. The monoisotopic (exact) mass is 312 g/mol. The molecular weight excluding hydrogens is 297 g/mol. The van der Waals surface area contributed by atoms with E-state index in [1.807, 2.05) is 0 Å². The van der Waals surface area contributed by atoms with Crippen molar-refractivity contribution in [2.45, 2.75) is 19.4 Å². The molecule has 2 aromatic rings. The molecular formula is C16H15F3O3. The van der Waals surface area contributed by atoms with E-state index in [1.54, 1.807) is 31.4 Å². The summed E-state index contributed by atoms with van der Waals surface area (Å²) in [5, 5.41) is 9.06. The fourth-order valence-corrected chi connectivity index (χ4v) is 1.89. The predicted molar refractivity (Wildman–Crippen MR) is 74.7 cm³/mol. The summed E-state index contributed by atoms with van der Waals surface area (Å²) < 4.78 is 48.8. The molecule has 0 aliphatic carbocycles. The van der Waals surface area contributed by atoms with Gasteiger partial charge < -0.3 is 14.6 Å². The van der Waals surface area contributed by atoms with Crippen molar-refractivity contribution >= 4 is 0 Å². The van der Waals surface area contributed by atoms with Gasteiger partial charge in [-0.05, 0) is 41.5 Å². The number of ether oxygens (including phenoxy) is 2. The van der Waals surface area contributed by atoms with Crippen LogP contribution in [0.1, 0.15) is 16.7 Å². The van der Waals surface area contributed by atoms with E-state index in [0.29, 0.717) is 5.75 Å². The number of alkyl halides is 3. The molecule has 0 unspecified atom stereocenters. The largest absolute Gasteiger partial charge is 0.497 e. The first-order chi connectivity index (χ1) is 10.4. The lowest BCUT2D eigenvalue weighted by molar-refractivity contribution is -0.137. The van der Waals surface area contributed by atoms with Crippen LogP contribution in [-0.2, 0) is 19.4 Å². The van der Waals surface area contributed by atoms with Crippen LogP contribution in [-0.4, -0.2) is 12.2 Å². The van der Waals surface area contributed by atoms with Crippen LogP contribution in [0.15, 0.2) is 42.5 Å². The van der Waals surface area contributed by atoms with Crippen molar-refractivity contribution in [1.82, 2.24) is 0 Å². The number of hydrogen-bond acceptors (Lipinski definition) is 3. The maximum atomic E-state index is 12.8. The van der Waals surface area contributed by atoms with Gasteiger partial charge >= 0.3 is 6.18 Å². The molecule has 0 radical (unpaired) electrons. The molecule has 3 nitrogen and oxygen atoms in total. The highest BCUT2D eigenvalue weighted by Gasteiger charge is 2.31. The van der Waals surface area contributed by atoms with Crippen LogP contribution in [0, 0.1) is 0 Å². The van der Waals surface area contributed by atoms with Gasteiger partial charge in [0.05, 0.1) is 19.3 Å². The first-order valence-electron chi connectivity index (χ1n) is 6.50. The van der Waals surface area contributed by atoms with Crippen molar-refractivity contribution in [2.24, 2.45) is 0 Å². The van der Waals surface area contributed by atoms with Gasteiger partial charge in [-0.3, -0.25) is 0 Å². The molecule has 0 aliphatic heterocycles. The average Bonchev–Trinajstić information content (AvgIpc) is 2.52. The normalized spacial score (nSPS) is 11.3. The van der Waals surface area contributed by atoms with Crippen molar-refractivity contribution in [3.05, 3.63) is 59.2 Å². The van der Waals surface area contributed by atoms with Gasteiger partial charge in [-0.25, -0.2) is 0 Å². The molecule has 2 aromatic carbocycles. The molecule has 0 bridgehead atoms. The maximum absolute atomic E-state index is 12.8. The lowest BCUT2D eigenvalue weighted by Gasteiger charge is -2.12. The SMILES string of the molecule is COc1ccc(COc2cc(CO)cc(C(F)(F)F)c2)cc1. The Morgan fingerprint density at radius 3 is 2.18 bits per heavy atom. The van der Waals surface area contributed by atoms with Gasteiger partial charge in [-0.2, -0.15) is 13.2 Å². The van der Waals surface area contributed by atoms with Crippen LogP contribution in [0.3, 0.4) is 0 Å². The Labute approximate surface area is 125 Å². The van der Waals surface area contributed by atoms with Crippen LogP contribution in [0.5, 0.6) is 11.5 Å². The number of aliphatic hydroxyl groups is 1. The summed E-state index contributed by atoms with van der Waals surface area (Å²) in [4.78, 5) is 0. The zero-order valence-electron chi connectivity index (χ0n) is 11.9. The topological polar surface area (TPSA) is 38.7 Å². The van der Waals surface area contributed by atoms with Gasteiger partial charge in [0, 0.05) is 0 Å². The Balaban J connectivity index is 2.14. The molecule has 22 heavy (non-hydrogen) atoms. The van der Waals surface area contributed by atoms with E-state index < -0.39 is 18.3 Å². The summed E-state index contributed by atoms with van der Waals surface area (Å²) in [5.74, 6) is 0.750. The lowest BCUT2D eigenvalue weighted by atomic mass is 10.1. The van der Waals surface area contributed by atoms with Gasteiger partial charge in [0.1, 0.15) is 18.1 Å². The second-order valence-corrected chi connectivity index (χ2v) is 4.66. The first kappa shape index (κ1) is 16.2. The summed E-state index contributed by atoms with van der Waals surface area (Å²) in [6.07, 6.45) is -4.48. The van der Waals surface area contributed by atoms with Crippen LogP contribution in [0.2, 0.25) is 0 Å². The highest BCUT2D eigenvalue weighted by Crippen LogP contribution is 2.33. The second kappa shape index (κ2) is 6.70.